The van der Waals surface area contributed by atoms with E-state index < -0.39 is 30.9 Å². The Morgan fingerprint density at radius 3 is 1.93 bits per heavy atom. The molecule has 0 aliphatic carbocycles. The summed E-state index contributed by atoms with van der Waals surface area (Å²) in [6.07, 6.45) is -2.64. The van der Waals surface area contributed by atoms with E-state index in [1.807, 2.05) is 54.6 Å². The number of carbonyl (C=O) groups is 2. The lowest BCUT2D eigenvalue weighted by Crippen LogP contribution is -2.35. The molecule has 57 heavy (non-hydrogen) atoms. The Kier molecular flexibility index (Phi) is 8.61. The van der Waals surface area contributed by atoms with Crippen LogP contribution in [0.1, 0.15) is 39.2 Å². The third kappa shape index (κ3) is 6.26. The quantitative estimate of drug-likeness (QED) is 0.0928. The number of para-hydroxylation sites is 1. The van der Waals surface area contributed by atoms with Crippen molar-refractivity contribution in [1.82, 2.24) is 40.1 Å². The molecule has 0 radical (unpaired) electrons. The van der Waals surface area contributed by atoms with E-state index in [0.29, 0.717) is 45.6 Å². The zero-order valence-electron chi connectivity index (χ0n) is 30.2. The largest absolute Gasteiger partial charge is 0.486 e. The van der Waals surface area contributed by atoms with Crippen LogP contribution in [0.25, 0.3) is 84.0 Å². The van der Waals surface area contributed by atoms with Crippen molar-refractivity contribution in [2.75, 3.05) is 0 Å². The molecule has 0 fully saturated rings. The van der Waals surface area contributed by atoms with Crippen LogP contribution in [0.3, 0.4) is 0 Å². The lowest BCUT2D eigenvalue weighted by atomic mass is 9.86. The van der Waals surface area contributed by atoms with E-state index in [1.54, 1.807) is 0 Å². The van der Waals surface area contributed by atoms with E-state index in [9.17, 15) is 19.8 Å². The Morgan fingerprint density at radius 2 is 1.26 bits per heavy atom. The van der Waals surface area contributed by atoms with Crippen LogP contribution in [0.15, 0.2) is 66.7 Å². The van der Waals surface area contributed by atoms with E-state index in [4.69, 9.17) is 69.7 Å². The number of benzene rings is 4. The number of ether oxygens (including phenoxy) is 1. The van der Waals surface area contributed by atoms with Crippen molar-refractivity contribution < 1.29 is 29.3 Å². The minimum absolute atomic E-state index is 0.0636. The second-order valence-corrected chi connectivity index (χ2v) is 15.7. The molecule has 8 bridgehead atoms. The summed E-state index contributed by atoms with van der Waals surface area (Å²) >= 11 is 20.9. The van der Waals surface area contributed by atoms with Gasteiger partial charge >= 0.3 is 11.9 Å². The third-order valence-electron chi connectivity index (χ3n) is 9.73. The van der Waals surface area contributed by atoms with Crippen LogP contribution in [0.5, 0.6) is 5.75 Å². The molecule has 0 saturated carbocycles. The number of carboxylic acids is 2. The zero-order valence-corrected chi connectivity index (χ0v) is 32.5. The molecular weight excluding hydrogens is 793 g/mol. The van der Waals surface area contributed by atoms with Gasteiger partial charge in [-0.25, -0.2) is 19.9 Å². The Labute approximate surface area is 337 Å². The van der Waals surface area contributed by atoms with Gasteiger partial charge in [0.15, 0.2) is 17.4 Å². The lowest BCUT2D eigenvalue weighted by molar-refractivity contribution is -0.711. The van der Waals surface area contributed by atoms with Crippen molar-refractivity contribution in [2.24, 2.45) is 0 Å². The van der Waals surface area contributed by atoms with Crippen LogP contribution >= 0.6 is 34.8 Å². The molecule has 7 aromatic rings. The first-order chi connectivity index (χ1) is 27.2. The van der Waals surface area contributed by atoms with Gasteiger partial charge in [-0.1, -0.05) is 104 Å². The highest BCUT2D eigenvalue weighted by Gasteiger charge is 2.31. The molecule has 0 amide bonds. The topological polar surface area (TPSA) is 197 Å². The number of hydrogen-bond donors (Lipinski definition) is 4. The molecule has 0 atom stereocenters. The van der Waals surface area contributed by atoms with Gasteiger partial charge in [0.2, 0.25) is 11.5 Å². The van der Waals surface area contributed by atoms with Crippen LogP contribution in [0.2, 0.25) is 15.1 Å². The zero-order chi connectivity index (χ0) is 39.9. The fourth-order valence-corrected chi connectivity index (χ4v) is 7.88. The van der Waals surface area contributed by atoms with E-state index >= 15 is 0 Å². The fraction of sp³-hybridized carbons (Fsp3) is 0.175. The summed E-state index contributed by atoms with van der Waals surface area (Å²) < 4.78 is 5.92. The van der Waals surface area contributed by atoms with Gasteiger partial charge in [-0.3, -0.25) is 9.59 Å². The highest BCUT2D eigenvalue weighted by molar-refractivity contribution is 6.51. The summed E-state index contributed by atoms with van der Waals surface area (Å²) in [6.45, 7) is 6.44. The minimum atomic E-state index is -1.34. The number of rotatable bonds is 6. The highest BCUT2D eigenvalue weighted by atomic mass is 35.5. The highest BCUT2D eigenvalue weighted by Crippen LogP contribution is 2.48. The molecule has 5 heterocycles. The number of carboxylic acid groups (broad SMARTS) is 2. The first-order valence-electron chi connectivity index (χ1n) is 17.6. The van der Waals surface area contributed by atoms with Crippen LogP contribution in [-0.4, -0.2) is 68.4 Å². The lowest BCUT2D eigenvalue weighted by Gasteiger charge is -2.19. The number of aromatic nitrogens is 9. The second-order valence-electron chi connectivity index (χ2n) is 14.6. The summed E-state index contributed by atoms with van der Waals surface area (Å²) in [7, 11) is 0. The summed E-state index contributed by atoms with van der Waals surface area (Å²) in [5, 5.41) is 30.5. The molecule has 4 aromatic carbocycles. The van der Waals surface area contributed by atoms with Crippen LogP contribution in [-0.2, 0) is 15.0 Å². The van der Waals surface area contributed by atoms with Gasteiger partial charge in [0, 0.05) is 28.0 Å². The van der Waals surface area contributed by atoms with Gasteiger partial charge < -0.3 is 24.9 Å². The molecule has 9 rings (SSSR count). The SMILES string of the molecule is CC(C)(C)c1ccc2c3nc4nc(nc5[nH]c(n[n+]6nc(nc([nH]3)c2c1)-c1ccccc1-6)c1c(Cl)c(OC(CC(=O)O)CC(=O)O)c(Cl)c(Cl)c51)-c1ccccc1-4. The second kappa shape index (κ2) is 13.5. The number of H-pyrrole nitrogens is 2. The number of hydrogen-bond acceptors (Lipinski definition) is 9. The number of halogens is 3. The monoisotopic (exact) mass is 820 g/mol. The molecule has 284 valence electrons. The first kappa shape index (κ1) is 36.4. The number of nitrogens with one attached hydrogen (secondary N) is 2. The van der Waals surface area contributed by atoms with Crippen molar-refractivity contribution in [1.29, 1.82) is 0 Å². The average Bonchev–Trinajstić information content (AvgIpc) is 3.90. The maximum Gasteiger partial charge on any atom is 0.307 e. The molecule has 0 unspecified atom stereocenters. The standard InChI is InChI=1S/C40H28Cl3N9O5/c1-40(2,3)17-12-13-21-23(14-17)36-46-35(21)45-33-19-8-4-5-9-20(19)34(44-33)48-38-27-28(39(49-38)51-52-24-11-7-6-10-22(24)37(47-36)50-52)30(42)32(31(43)29(27)41)57-18(15-25(53)54)16-26(55)56/h4-14,18H,15-16H2,1-3H3,(H3,44,45,46,47,48,49,50,51,53,54,55,56)/p+1. The molecule has 2 aliphatic heterocycles. The van der Waals surface area contributed by atoms with E-state index in [2.05, 4.69) is 42.9 Å². The molecule has 0 spiro atoms. The normalized spacial score (nSPS) is 12.3. The van der Waals surface area contributed by atoms with E-state index in [1.165, 1.54) is 4.80 Å². The first-order valence-corrected chi connectivity index (χ1v) is 18.8. The molecular formula is C40H29Cl3N9O5+. The van der Waals surface area contributed by atoms with Gasteiger partial charge in [0.25, 0.3) is 5.69 Å². The molecule has 3 aromatic heterocycles. The van der Waals surface area contributed by atoms with Crippen LogP contribution in [0.4, 0.5) is 0 Å². The summed E-state index contributed by atoms with van der Waals surface area (Å²) in [4.78, 5) is 51.4. The molecule has 0 saturated heterocycles. The molecule has 2 aliphatic rings. The number of aliphatic carboxylic acids is 2. The van der Waals surface area contributed by atoms with Crippen molar-refractivity contribution in [3.05, 3.63) is 87.4 Å². The summed E-state index contributed by atoms with van der Waals surface area (Å²) in [6, 6.07) is 21.2. The molecule has 14 nitrogen and oxygen atoms in total. The molecule has 4 N–H and O–H groups in total. The Hall–Kier alpha value is -6.22. The van der Waals surface area contributed by atoms with Crippen molar-refractivity contribution in [2.45, 2.75) is 45.1 Å². The minimum Gasteiger partial charge on any atom is -0.486 e. The van der Waals surface area contributed by atoms with Gasteiger partial charge in [0.05, 0.1) is 48.7 Å². The van der Waals surface area contributed by atoms with Crippen LogP contribution < -0.4 is 9.53 Å². The van der Waals surface area contributed by atoms with Crippen molar-refractivity contribution >= 4 is 90.9 Å². The maximum atomic E-state index is 11.7. The van der Waals surface area contributed by atoms with Gasteiger partial charge in [-0.05, 0) is 23.1 Å². The smallest absolute Gasteiger partial charge is 0.307 e. The van der Waals surface area contributed by atoms with Gasteiger partial charge in [0.1, 0.15) is 33.6 Å². The van der Waals surface area contributed by atoms with Crippen molar-refractivity contribution in [3.8, 4) is 45.6 Å². The maximum absolute atomic E-state index is 11.7. The Balaban J connectivity index is 1.43. The van der Waals surface area contributed by atoms with E-state index in [-0.39, 0.29) is 48.3 Å². The number of aromatic amines is 2. The average molecular weight is 822 g/mol. The number of nitrogens with zero attached hydrogens (tertiary/aromatic N) is 7. The van der Waals surface area contributed by atoms with Crippen molar-refractivity contribution in [3.63, 3.8) is 0 Å². The predicted octanol–water partition coefficient (Wildman–Crippen LogP) is 8.43. The Bertz CT molecular complexity index is 3050. The van der Waals surface area contributed by atoms with Gasteiger partial charge in [-0.2, -0.15) is 0 Å². The van der Waals surface area contributed by atoms with Crippen LogP contribution in [0, 0.1) is 0 Å². The summed E-state index contributed by atoms with van der Waals surface area (Å²) in [5.74, 6) is -1.72. The van der Waals surface area contributed by atoms with Gasteiger partial charge in [-0.15, -0.1) is 0 Å². The summed E-state index contributed by atoms with van der Waals surface area (Å²) in [5.41, 5.74) is 5.07. The fourth-order valence-electron chi connectivity index (χ4n) is 7.00. The predicted molar refractivity (Wildman–Crippen MR) is 215 cm³/mol. The molecule has 17 heteroatoms. The Morgan fingerprint density at radius 1 is 0.684 bits per heavy atom. The number of fused-ring (bicyclic) bond motifs is 20. The van der Waals surface area contributed by atoms with E-state index in [0.717, 1.165) is 21.9 Å². The third-order valence-corrected chi connectivity index (χ3v) is 10.9.